The number of nitriles is 1. The number of hydrogen-bond acceptors (Lipinski definition) is 6. The van der Waals surface area contributed by atoms with Crippen molar-refractivity contribution in [1.82, 2.24) is 20.0 Å². The molecule has 0 amide bonds. The molecule has 2 saturated carbocycles. The summed E-state index contributed by atoms with van der Waals surface area (Å²) in [5.41, 5.74) is 3.48. The summed E-state index contributed by atoms with van der Waals surface area (Å²) >= 11 is 13.3. The number of nitrogens with one attached hydrogen (secondary N) is 2. The average molecular weight is 533 g/mol. The van der Waals surface area contributed by atoms with Crippen LogP contribution in [0.1, 0.15) is 69.3 Å². The lowest BCUT2D eigenvalue weighted by Gasteiger charge is -2.38. The highest BCUT2D eigenvalue weighted by atomic mass is 35.5. The van der Waals surface area contributed by atoms with Crippen LogP contribution in [0.3, 0.4) is 0 Å². The number of anilines is 2. The quantitative estimate of drug-likeness (QED) is 0.250. The van der Waals surface area contributed by atoms with Gasteiger partial charge in [-0.1, -0.05) is 60.0 Å². The van der Waals surface area contributed by atoms with Crippen LogP contribution in [0, 0.1) is 16.7 Å². The predicted molar refractivity (Wildman–Crippen MR) is 147 cm³/mol. The highest BCUT2D eigenvalue weighted by Gasteiger charge is 2.32. The summed E-state index contributed by atoms with van der Waals surface area (Å²) in [6, 6.07) is 11.9. The predicted octanol–water partition coefficient (Wildman–Crippen LogP) is 7.14. The molecule has 2 heterocycles. The minimum absolute atomic E-state index is 0.204. The van der Waals surface area contributed by atoms with E-state index in [1.54, 1.807) is 18.3 Å². The number of hydrogen-bond donors (Lipinski definition) is 2. The van der Waals surface area contributed by atoms with Gasteiger partial charge in [0.1, 0.15) is 11.8 Å². The molecule has 9 heteroatoms. The maximum atomic E-state index is 9.84. The van der Waals surface area contributed by atoms with Gasteiger partial charge >= 0.3 is 0 Å². The molecule has 0 saturated heterocycles. The lowest BCUT2D eigenvalue weighted by atomic mass is 9.70. The van der Waals surface area contributed by atoms with Crippen LogP contribution in [-0.4, -0.2) is 26.5 Å². The monoisotopic (exact) mass is 532 g/mol. The highest BCUT2D eigenvalue weighted by Crippen LogP contribution is 2.42. The molecule has 2 aromatic carbocycles. The van der Waals surface area contributed by atoms with Crippen molar-refractivity contribution in [1.29, 1.82) is 5.26 Å². The first-order chi connectivity index (χ1) is 18.3. The van der Waals surface area contributed by atoms with E-state index in [1.165, 1.54) is 6.42 Å². The van der Waals surface area contributed by atoms with Crippen LogP contribution in [0.5, 0.6) is 0 Å². The van der Waals surface area contributed by atoms with Crippen molar-refractivity contribution in [2.45, 2.75) is 51.1 Å². The summed E-state index contributed by atoms with van der Waals surface area (Å²) < 4.78 is 11.4. The maximum Gasteiger partial charge on any atom is 0.110 e. The first-order valence-electron chi connectivity index (χ1n) is 13.0. The summed E-state index contributed by atoms with van der Waals surface area (Å²) in [6.45, 7) is 3.01. The van der Waals surface area contributed by atoms with E-state index in [-0.39, 0.29) is 5.41 Å². The second-order valence-corrected chi connectivity index (χ2v) is 11.1. The Morgan fingerprint density at radius 3 is 2.76 bits per heavy atom. The molecule has 188 valence electrons. The zero-order chi connectivity index (χ0) is 26.5. The van der Waals surface area contributed by atoms with Gasteiger partial charge in [-0.05, 0) is 54.9 Å². The van der Waals surface area contributed by atoms with E-state index in [4.69, 9.17) is 23.2 Å². The van der Waals surface area contributed by atoms with Gasteiger partial charge in [-0.15, -0.1) is 5.10 Å². The molecule has 37 heavy (non-hydrogen) atoms. The Morgan fingerprint density at radius 2 is 2.05 bits per heavy atom. The molecule has 0 aliphatic heterocycles. The Bertz CT molecular complexity index is 1570. The number of aromatic nitrogens is 4. The molecule has 2 N–H and O–H groups in total. The van der Waals surface area contributed by atoms with E-state index in [0.29, 0.717) is 55.2 Å². The van der Waals surface area contributed by atoms with Crippen molar-refractivity contribution in [3.63, 3.8) is 0 Å². The van der Waals surface area contributed by atoms with Crippen LogP contribution in [0.15, 0.2) is 48.8 Å². The number of pyridine rings is 1. The molecular weight excluding hydrogens is 505 g/mol. The van der Waals surface area contributed by atoms with Crippen LogP contribution in [0.2, 0.25) is 10.0 Å². The fourth-order valence-corrected chi connectivity index (χ4v) is 5.35. The van der Waals surface area contributed by atoms with E-state index in [2.05, 4.69) is 38.9 Å². The first-order valence-corrected chi connectivity index (χ1v) is 13.3. The van der Waals surface area contributed by atoms with Crippen molar-refractivity contribution in [2.24, 2.45) is 5.41 Å². The number of halogens is 2. The van der Waals surface area contributed by atoms with Gasteiger partial charge in [0, 0.05) is 28.8 Å². The van der Waals surface area contributed by atoms with Gasteiger partial charge in [-0.3, -0.25) is 4.98 Å². The third-order valence-corrected chi connectivity index (χ3v) is 8.02. The van der Waals surface area contributed by atoms with Crippen molar-refractivity contribution in [2.75, 3.05) is 17.2 Å². The van der Waals surface area contributed by atoms with Gasteiger partial charge in [-0.2, -0.15) is 5.26 Å². The highest BCUT2D eigenvalue weighted by molar-refractivity contribution is 6.36. The fourth-order valence-electron chi connectivity index (χ4n) is 4.85. The topological polar surface area (TPSA) is 91.5 Å². The summed E-state index contributed by atoms with van der Waals surface area (Å²) in [4.78, 5) is 4.47. The van der Waals surface area contributed by atoms with E-state index in [1.807, 2.05) is 35.1 Å². The summed E-state index contributed by atoms with van der Waals surface area (Å²) in [6.07, 6.45) is 9.00. The zero-order valence-corrected chi connectivity index (χ0v) is 21.9. The summed E-state index contributed by atoms with van der Waals surface area (Å²) in [7, 11) is 0. The van der Waals surface area contributed by atoms with Crippen molar-refractivity contribution < 1.29 is 1.37 Å². The fraction of sp³-hybridized carbons (Fsp3) is 0.357. The molecule has 2 aliphatic rings. The molecule has 0 bridgehead atoms. The molecule has 2 fully saturated rings. The molecule has 6 rings (SSSR count). The number of fused-ring (bicyclic) bond motifs is 1. The first kappa shape index (κ1) is 22.8. The Kier molecular flexibility index (Phi) is 5.87. The molecule has 0 radical (unpaired) electrons. The van der Waals surface area contributed by atoms with Crippen LogP contribution < -0.4 is 10.6 Å². The minimum atomic E-state index is -1.55. The number of nitrogens with zero attached hydrogens (tertiary/aromatic N) is 5. The molecule has 4 aromatic rings. The van der Waals surface area contributed by atoms with E-state index >= 15 is 0 Å². The van der Waals surface area contributed by atoms with Gasteiger partial charge in [0.25, 0.3) is 0 Å². The van der Waals surface area contributed by atoms with E-state index in [9.17, 15) is 6.63 Å². The van der Waals surface area contributed by atoms with Crippen molar-refractivity contribution in [3.8, 4) is 6.07 Å². The standard InChI is InChI=1S/C28H27Cl2N7/c1-28(9-4-10-28)16-33-25-17(13-31)14-32-26-21(25)11-18(12-23(26)30)34-27(20-5-2-3-6-22(20)29)24-15-37(36-35-24)19-7-8-19/h2-3,5-6,11-12,14-15,19,27,34H,4,7-10,16H2,1H3,(H,32,33)/i27D. The molecule has 1 atom stereocenters. The molecule has 7 nitrogen and oxygen atoms in total. The van der Waals surface area contributed by atoms with Crippen LogP contribution >= 0.6 is 23.2 Å². The summed E-state index contributed by atoms with van der Waals surface area (Å²) in [5, 5.41) is 26.9. The van der Waals surface area contributed by atoms with Gasteiger partial charge in [0.05, 0.1) is 41.4 Å². The van der Waals surface area contributed by atoms with Crippen LogP contribution in [0.25, 0.3) is 10.9 Å². The second-order valence-electron chi connectivity index (χ2n) is 10.3. The molecular formula is C28H27Cl2N7. The largest absolute Gasteiger partial charge is 0.383 e. The molecule has 2 aliphatic carbocycles. The SMILES string of the molecule is [2H]C(Nc1cc(Cl)c2ncc(C#N)c(NCC3(C)CCC3)c2c1)(c1cn(C2CC2)nn1)c1ccccc1Cl. The molecule has 1 unspecified atom stereocenters. The second kappa shape index (κ2) is 9.51. The van der Waals surface area contributed by atoms with Gasteiger partial charge < -0.3 is 10.6 Å². The molecule has 2 aromatic heterocycles. The van der Waals surface area contributed by atoms with E-state index < -0.39 is 6.02 Å². The third-order valence-electron chi connectivity index (χ3n) is 7.40. The Labute approximate surface area is 227 Å². The van der Waals surface area contributed by atoms with Crippen LogP contribution in [0.4, 0.5) is 11.4 Å². The maximum absolute atomic E-state index is 9.84. The van der Waals surface area contributed by atoms with Crippen LogP contribution in [-0.2, 0) is 0 Å². The minimum Gasteiger partial charge on any atom is -0.383 e. The average Bonchev–Trinajstić information content (AvgIpc) is 3.61. The van der Waals surface area contributed by atoms with Gasteiger partial charge in [-0.25, -0.2) is 4.68 Å². The van der Waals surface area contributed by atoms with Crippen molar-refractivity contribution in [3.05, 3.63) is 75.7 Å². The Balaban J connectivity index is 1.45. The lowest BCUT2D eigenvalue weighted by Crippen LogP contribution is -2.33. The van der Waals surface area contributed by atoms with Gasteiger partial charge in [0.15, 0.2) is 0 Å². The number of rotatable bonds is 8. The Hall–Kier alpha value is -3.34. The molecule has 0 spiro atoms. The normalized spacial score (nSPS) is 18.4. The lowest BCUT2D eigenvalue weighted by molar-refractivity contribution is 0.180. The third kappa shape index (κ3) is 4.72. The zero-order valence-electron chi connectivity index (χ0n) is 21.4. The van der Waals surface area contributed by atoms with E-state index in [0.717, 1.165) is 32.2 Å². The Morgan fingerprint density at radius 1 is 1.24 bits per heavy atom. The van der Waals surface area contributed by atoms with Gasteiger partial charge in [0.2, 0.25) is 0 Å². The van der Waals surface area contributed by atoms with Crippen molar-refractivity contribution >= 4 is 45.5 Å². The summed E-state index contributed by atoms with van der Waals surface area (Å²) in [5.74, 6) is 0. The number of benzene rings is 2. The smallest absolute Gasteiger partial charge is 0.110 e.